The normalized spacial score (nSPS) is 29.2. The summed E-state index contributed by atoms with van der Waals surface area (Å²) in [6, 6.07) is 0. The van der Waals surface area contributed by atoms with Crippen LogP contribution in [0.3, 0.4) is 0 Å². The molecule has 0 radical (unpaired) electrons. The Bertz CT molecular complexity index is 225. The molecule has 2 saturated carbocycles. The molecule has 1 heterocycles. The van der Waals surface area contributed by atoms with Gasteiger partial charge in [-0.1, -0.05) is 0 Å². The molecular weight excluding hydrogens is 196 g/mol. The van der Waals surface area contributed by atoms with Gasteiger partial charge in [0.15, 0.2) is 0 Å². The molecule has 0 bridgehead atoms. The smallest absolute Gasteiger partial charge is 0.00105 e. The van der Waals surface area contributed by atoms with Crippen molar-refractivity contribution in [1.82, 2.24) is 10.6 Å². The van der Waals surface area contributed by atoms with Crippen LogP contribution in [0.1, 0.15) is 44.9 Å². The molecule has 3 aliphatic rings. The molecule has 16 heavy (non-hydrogen) atoms. The maximum atomic E-state index is 3.74. The van der Waals surface area contributed by atoms with E-state index in [9.17, 15) is 0 Å². The summed E-state index contributed by atoms with van der Waals surface area (Å²) in [4.78, 5) is 0. The number of rotatable bonds is 6. The van der Waals surface area contributed by atoms with Gasteiger partial charge < -0.3 is 10.6 Å². The van der Waals surface area contributed by atoms with Gasteiger partial charge in [-0.25, -0.2) is 0 Å². The van der Waals surface area contributed by atoms with E-state index >= 15 is 0 Å². The first-order chi connectivity index (χ1) is 7.89. The first-order valence-corrected chi connectivity index (χ1v) is 7.30. The van der Waals surface area contributed by atoms with Gasteiger partial charge in [-0.2, -0.15) is 0 Å². The zero-order valence-corrected chi connectivity index (χ0v) is 10.4. The van der Waals surface area contributed by atoms with Crippen LogP contribution in [0.4, 0.5) is 0 Å². The third-order valence-corrected chi connectivity index (χ3v) is 5.00. The average Bonchev–Trinajstić information content (AvgIpc) is 3.17. The van der Waals surface area contributed by atoms with Crippen LogP contribution < -0.4 is 10.6 Å². The first-order valence-electron chi connectivity index (χ1n) is 7.30. The summed E-state index contributed by atoms with van der Waals surface area (Å²) in [6.45, 7) is 5.08. The van der Waals surface area contributed by atoms with Gasteiger partial charge in [0, 0.05) is 6.54 Å². The quantitative estimate of drug-likeness (QED) is 0.673. The Balaban J connectivity index is 1.29. The van der Waals surface area contributed by atoms with Gasteiger partial charge in [-0.05, 0) is 81.8 Å². The molecule has 3 fully saturated rings. The molecule has 0 atom stereocenters. The lowest BCUT2D eigenvalue weighted by molar-refractivity contribution is 0.335. The Morgan fingerprint density at radius 1 is 1.06 bits per heavy atom. The van der Waals surface area contributed by atoms with E-state index in [0.717, 1.165) is 17.3 Å². The van der Waals surface area contributed by atoms with Crippen molar-refractivity contribution < 1.29 is 0 Å². The Hall–Kier alpha value is -0.0800. The van der Waals surface area contributed by atoms with Crippen LogP contribution in [0, 0.1) is 17.3 Å². The van der Waals surface area contributed by atoms with Crippen LogP contribution in [0.25, 0.3) is 0 Å². The summed E-state index contributed by atoms with van der Waals surface area (Å²) < 4.78 is 0. The SMILES string of the molecule is C1CC(CCNCC2(C3CC3)CC2)CCN1. The minimum absolute atomic E-state index is 0.786. The molecule has 92 valence electrons. The maximum Gasteiger partial charge on any atom is 0.00105 e. The van der Waals surface area contributed by atoms with Crippen molar-refractivity contribution in [2.24, 2.45) is 17.3 Å². The van der Waals surface area contributed by atoms with Crippen LogP contribution in [-0.4, -0.2) is 26.2 Å². The fourth-order valence-corrected chi connectivity index (χ4v) is 3.40. The molecule has 0 aromatic rings. The van der Waals surface area contributed by atoms with Crippen molar-refractivity contribution >= 4 is 0 Å². The molecule has 2 N–H and O–H groups in total. The standard InChI is InChI=1S/C14H26N2/c1-2-13(1)14(6-7-14)11-16-10-5-12-3-8-15-9-4-12/h12-13,15-16H,1-11H2. The first kappa shape index (κ1) is 11.0. The van der Waals surface area contributed by atoms with E-state index < -0.39 is 0 Å². The summed E-state index contributed by atoms with van der Waals surface area (Å²) >= 11 is 0. The van der Waals surface area contributed by atoms with E-state index in [4.69, 9.17) is 0 Å². The van der Waals surface area contributed by atoms with Gasteiger partial charge in [0.1, 0.15) is 0 Å². The second kappa shape index (κ2) is 4.66. The lowest BCUT2D eigenvalue weighted by atomic mass is 9.94. The average molecular weight is 222 g/mol. The fraction of sp³-hybridized carbons (Fsp3) is 1.00. The molecule has 1 aliphatic heterocycles. The van der Waals surface area contributed by atoms with Gasteiger partial charge in [-0.15, -0.1) is 0 Å². The summed E-state index contributed by atoms with van der Waals surface area (Å²) in [5, 5.41) is 7.18. The minimum atomic E-state index is 0.786. The topological polar surface area (TPSA) is 24.1 Å². The highest BCUT2D eigenvalue weighted by Gasteiger charge is 2.53. The molecule has 0 aromatic carbocycles. The van der Waals surface area contributed by atoms with E-state index in [1.54, 1.807) is 0 Å². The zero-order chi connectivity index (χ0) is 10.8. The number of hydrogen-bond donors (Lipinski definition) is 2. The maximum absolute atomic E-state index is 3.74. The summed E-state index contributed by atoms with van der Waals surface area (Å²) in [7, 11) is 0. The molecule has 0 spiro atoms. The Morgan fingerprint density at radius 3 is 2.44 bits per heavy atom. The molecule has 0 aromatic heterocycles. The predicted molar refractivity (Wildman–Crippen MR) is 67.5 cm³/mol. The van der Waals surface area contributed by atoms with E-state index in [-0.39, 0.29) is 0 Å². The lowest BCUT2D eigenvalue weighted by Crippen LogP contribution is -2.31. The summed E-state index contributed by atoms with van der Waals surface area (Å²) in [5.74, 6) is 2.10. The van der Waals surface area contributed by atoms with Crippen molar-refractivity contribution in [3.63, 3.8) is 0 Å². The third kappa shape index (κ3) is 2.60. The van der Waals surface area contributed by atoms with Crippen LogP contribution in [0.15, 0.2) is 0 Å². The predicted octanol–water partition coefficient (Wildman–Crippen LogP) is 2.16. The van der Waals surface area contributed by atoms with Crippen LogP contribution in [0.2, 0.25) is 0 Å². The number of nitrogens with one attached hydrogen (secondary N) is 2. The molecular formula is C14H26N2. The van der Waals surface area contributed by atoms with Gasteiger partial charge in [0.05, 0.1) is 0 Å². The molecule has 2 nitrogen and oxygen atoms in total. The van der Waals surface area contributed by atoms with E-state index in [2.05, 4.69) is 10.6 Å². The Morgan fingerprint density at radius 2 is 1.81 bits per heavy atom. The Kier molecular flexibility index (Phi) is 3.21. The second-order valence-corrected chi connectivity index (χ2v) is 6.30. The zero-order valence-electron chi connectivity index (χ0n) is 10.4. The van der Waals surface area contributed by atoms with Crippen molar-refractivity contribution in [2.75, 3.05) is 26.2 Å². The van der Waals surface area contributed by atoms with Crippen LogP contribution in [0.5, 0.6) is 0 Å². The molecule has 2 aliphatic carbocycles. The van der Waals surface area contributed by atoms with Crippen LogP contribution >= 0.6 is 0 Å². The number of piperidine rings is 1. The molecule has 1 saturated heterocycles. The Labute approximate surface area is 99.6 Å². The molecule has 0 amide bonds. The van der Waals surface area contributed by atoms with Gasteiger partial charge >= 0.3 is 0 Å². The summed E-state index contributed by atoms with van der Waals surface area (Å²) in [5.41, 5.74) is 0.786. The van der Waals surface area contributed by atoms with E-state index in [0.29, 0.717) is 0 Å². The third-order valence-electron chi connectivity index (χ3n) is 5.00. The highest BCUT2D eigenvalue weighted by atomic mass is 14.9. The van der Waals surface area contributed by atoms with E-state index in [1.807, 2.05) is 0 Å². The number of hydrogen-bond acceptors (Lipinski definition) is 2. The highest BCUT2D eigenvalue weighted by molar-refractivity contribution is 5.04. The fourth-order valence-electron chi connectivity index (χ4n) is 3.40. The summed E-state index contributed by atoms with van der Waals surface area (Å²) in [6.07, 6.45) is 10.3. The van der Waals surface area contributed by atoms with Crippen LogP contribution in [-0.2, 0) is 0 Å². The van der Waals surface area contributed by atoms with Gasteiger partial charge in [0.2, 0.25) is 0 Å². The van der Waals surface area contributed by atoms with Crippen molar-refractivity contribution in [3.8, 4) is 0 Å². The minimum Gasteiger partial charge on any atom is -0.317 e. The lowest BCUT2D eigenvalue weighted by Gasteiger charge is -2.23. The van der Waals surface area contributed by atoms with E-state index in [1.165, 1.54) is 71.1 Å². The molecule has 3 rings (SSSR count). The monoisotopic (exact) mass is 222 g/mol. The molecule has 0 unspecified atom stereocenters. The molecule has 2 heteroatoms. The van der Waals surface area contributed by atoms with Gasteiger partial charge in [0.25, 0.3) is 0 Å². The second-order valence-electron chi connectivity index (χ2n) is 6.30. The van der Waals surface area contributed by atoms with Gasteiger partial charge in [-0.3, -0.25) is 0 Å². The largest absolute Gasteiger partial charge is 0.317 e. The van der Waals surface area contributed by atoms with Crippen molar-refractivity contribution in [2.45, 2.75) is 44.9 Å². The highest BCUT2D eigenvalue weighted by Crippen LogP contribution is 2.60. The van der Waals surface area contributed by atoms with Crippen molar-refractivity contribution in [1.29, 1.82) is 0 Å². The van der Waals surface area contributed by atoms with Crippen molar-refractivity contribution in [3.05, 3.63) is 0 Å².